The standard InChI is InChI=1S/C16H21NO2/c1-14(13-15-7-3-2-4-8-15)16(18)9-11-17-10-5-6-12-19-17/h2-4,7-8,13H,5-6,9-12H2,1H3/b14-13+. The summed E-state index contributed by atoms with van der Waals surface area (Å²) in [7, 11) is 0. The number of ketones is 1. The molecular weight excluding hydrogens is 238 g/mol. The highest BCUT2D eigenvalue weighted by Gasteiger charge is 2.13. The lowest BCUT2D eigenvalue weighted by atomic mass is 10.1. The number of nitrogens with zero attached hydrogens (tertiary/aromatic N) is 1. The smallest absolute Gasteiger partial charge is 0.159 e. The Morgan fingerprint density at radius 3 is 2.79 bits per heavy atom. The fourth-order valence-corrected chi connectivity index (χ4v) is 2.13. The third kappa shape index (κ3) is 4.62. The van der Waals surface area contributed by atoms with Crippen LogP contribution in [0.2, 0.25) is 0 Å². The molecule has 1 aromatic rings. The predicted octanol–water partition coefficient (Wildman–Crippen LogP) is 3.08. The van der Waals surface area contributed by atoms with Gasteiger partial charge in [0.05, 0.1) is 6.61 Å². The molecule has 1 saturated heterocycles. The largest absolute Gasteiger partial charge is 0.299 e. The maximum atomic E-state index is 12.0. The minimum absolute atomic E-state index is 0.193. The molecular formula is C16H21NO2. The zero-order valence-electron chi connectivity index (χ0n) is 11.5. The van der Waals surface area contributed by atoms with E-state index < -0.39 is 0 Å². The molecule has 102 valence electrons. The van der Waals surface area contributed by atoms with Gasteiger partial charge in [-0.25, -0.2) is 0 Å². The fraction of sp³-hybridized carbons (Fsp3) is 0.438. The second-order valence-electron chi connectivity index (χ2n) is 4.88. The quantitative estimate of drug-likeness (QED) is 0.761. The van der Waals surface area contributed by atoms with Gasteiger partial charge in [-0.1, -0.05) is 30.3 Å². The minimum Gasteiger partial charge on any atom is -0.299 e. The summed E-state index contributed by atoms with van der Waals surface area (Å²) in [6, 6.07) is 9.94. The van der Waals surface area contributed by atoms with Gasteiger partial charge in [0.25, 0.3) is 0 Å². The first-order chi connectivity index (χ1) is 9.25. The average molecular weight is 259 g/mol. The summed E-state index contributed by atoms with van der Waals surface area (Å²) in [6.45, 7) is 4.30. The summed E-state index contributed by atoms with van der Waals surface area (Å²) < 4.78 is 0. The normalized spacial score (nSPS) is 17.4. The SMILES string of the molecule is C/C(=C\c1ccccc1)C(=O)CCN1CCCCO1. The number of allylic oxidation sites excluding steroid dienone is 1. The van der Waals surface area contributed by atoms with E-state index in [2.05, 4.69) is 0 Å². The molecule has 0 radical (unpaired) electrons. The Hall–Kier alpha value is -1.45. The molecule has 0 aliphatic carbocycles. The lowest BCUT2D eigenvalue weighted by molar-refractivity contribution is -0.181. The molecule has 0 N–H and O–H groups in total. The monoisotopic (exact) mass is 259 g/mol. The Morgan fingerprint density at radius 1 is 1.32 bits per heavy atom. The van der Waals surface area contributed by atoms with Crippen LogP contribution in [0.4, 0.5) is 0 Å². The fourth-order valence-electron chi connectivity index (χ4n) is 2.13. The molecule has 3 nitrogen and oxygen atoms in total. The van der Waals surface area contributed by atoms with Crippen molar-refractivity contribution >= 4 is 11.9 Å². The highest BCUT2D eigenvalue weighted by atomic mass is 16.7. The van der Waals surface area contributed by atoms with Crippen LogP contribution in [-0.4, -0.2) is 30.5 Å². The molecule has 19 heavy (non-hydrogen) atoms. The van der Waals surface area contributed by atoms with E-state index in [9.17, 15) is 4.79 Å². The van der Waals surface area contributed by atoms with Gasteiger partial charge in [0, 0.05) is 19.5 Å². The molecule has 1 heterocycles. The molecule has 0 atom stereocenters. The topological polar surface area (TPSA) is 29.5 Å². The maximum absolute atomic E-state index is 12.0. The highest BCUT2D eigenvalue weighted by molar-refractivity contribution is 5.98. The van der Waals surface area contributed by atoms with Crippen LogP contribution < -0.4 is 0 Å². The summed E-state index contributed by atoms with van der Waals surface area (Å²) in [5, 5.41) is 1.91. The molecule has 0 unspecified atom stereocenters. The van der Waals surface area contributed by atoms with E-state index in [-0.39, 0.29) is 5.78 Å². The van der Waals surface area contributed by atoms with Crippen LogP contribution in [0.3, 0.4) is 0 Å². The van der Waals surface area contributed by atoms with Crippen LogP contribution in [0.5, 0.6) is 0 Å². The van der Waals surface area contributed by atoms with Crippen molar-refractivity contribution in [3.63, 3.8) is 0 Å². The van der Waals surface area contributed by atoms with Gasteiger partial charge >= 0.3 is 0 Å². The van der Waals surface area contributed by atoms with Gasteiger partial charge in [-0.3, -0.25) is 9.63 Å². The van der Waals surface area contributed by atoms with Crippen molar-refractivity contribution in [2.24, 2.45) is 0 Å². The second-order valence-corrected chi connectivity index (χ2v) is 4.88. The van der Waals surface area contributed by atoms with Crippen LogP contribution in [0.25, 0.3) is 6.08 Å². The van der Waals surface area contributed by atoms with Crippen molar-refractivity contribution in [3.8, 4) is 0 Å². The summed E-state index contributed by atoms with van der Waals surface area (Å²) in [6.07, 6.45) is 4.75. The molecule has 0 aromatic heterocycles. The zero-order chi connectivity index (χ0) is 13.5. The Bertz CT molecular complexity index is 433. The van der Waals surface area contributed by atoms with Crippen molar-refractivity contribution in [1.82, 2.24) is 5.06 Å². The third-order valence-corrected chi connectivity index (χ3v) is 3.29. The van der Waals surface area contributed by atoms with Gasteiger partial charge in [-0.15, -0.1) is 0 Å². The lowest BCUT2D eigenvalue weighted by Gasteiger charge is -2.25. The van der Waals surface area contributed by atoms with Crippen LogP contribution in [0.1, 0.15) is 31.7 Å². The second kappa shape index (κ2) is 7.22. The van der Waals surface area contributed by atoms with Crippen LogP contribution in [0.15, 0.2) is 35.9 Å². The summed E-state index contributed by atoms with van der Waals surface area (Å²) in [5.74, 6) is 0.193. The first kappa shape index (κ1) is 14.0. The van der Waals surface area contributed by atoms with Gasteiger partial charge in [-0.05, 0) is 37.0 Å². The van der Waals surface area contributed by atoms with Gasteiger partial charge in [0.1, 0.15) is 0 Å². The molecule has 0 spiro atoms. The molecule has 1 fully saturated rings. The molecule has 0 amide bonds. The van der Waals surface area contributed by atoms with Crippen molar-refractivity contribution in [2.75, 3.05) is 19.7 Å². The van der Waals surface area contributed by atoms with E-state index in [0.29, 0.717) is 13.0 Å². The molecule has 1 aliphatic heterocycles. The van der Waals surface area contributed by atoms with Gasteiger partial charge < -0.3 is 0 Å². The average Bonchev–Trinajstić information content (AvgIpc) is 2.47. The number of Topliss-reactive ketones (excluding diaryl/α,β-unsaturated/α-hetero) is 1. The van der Waals surface area contributed by atoms with Crippen molar-refractivity contribution in [3.05, 3.63) is 41.5 Å². The Kier molecular flexibility index (Phi) is 5.31. The maximum Gasteiger partial charge on any atom is 0.159 e. The van der Waals surface area contributed by atoms with E-state index in [4.69, 9.17) is 4.84 Å². The Labute approximate surface area is 114 Å². The van der Waals surface area contributed by atoms with Gasteiger partial charge in [-0.2, -0.15) is 5.06 Å². The Morgan fingerprint density at radius 2 is 2.11 bits per heavy atom. The van der Waals surface area contributed by atoms with Crippen molar-refractivity contribution in [2.45, 2.75) is 26.2 Å². The third-order valence-electron chi connectivity index (χ3n) is 3.29. The summed E-state index contributed by atoms with van der Waals surface area (Å²) >= 11 is 0. The number of hydroxylamine groups is 2. The van der Waals surface area contributed by atoms with Crippen LogP contribution in [0, 0.1) is 0 Å². The number of rotatable bonds is 5. The number of carbonyl (C=O) groups is 1. The Balaban J connectivity index is 1.83. The minimum atomic E-state index is 0.193. The number of hydrogen-bond donors (Lipinski definition) is 0. The zero-order valence-corrected chi connectivity index (χ0v) is 11.5. The van der Waals surface area contributed by atoms with E-state index in [1.165, 1.54) is 0 Å². The van der Waals surface area contributed by atoms with Gasteiger partial charge in [0.15, 0.2) is 5.78 Å². The summed E-state index contributed by atoms with van der Waals surface area (Å²) in [4.78, 5) is 17.5. The first-order valence-corrected chi connectivity index (χ1v) is 6.90. The number of hydrogen-bond acceptors (Lipinski definition) is 3. The molecule has 0 bridgehead atoms. The van der Waals surface area contributed by atoms with Gasteiger partial charge in [0.2, 0.25) is 0 Å². The summed E-state index contributed by atoms with van der Waals surface area (Å²) in [5.41, 5.74) is 1.88. The van der Waals surface area contributed by atoms with E-state index in [1.807, 2.05) is 48.4 Å². The first-order valence-electron chi connectivity index (χ1n) is 6.90. The predicted molar refractivity (Wildman–Crippen MR) is 76.5 cm³/mol. The number of benzene rings is 1. The molecule has 3 heteroatoms. The number of carbonyl (C=O) groups excluding carboxylic acids is 1. The molecule has 1 aliphatic rings. The van der Waals surface area contributed by atoms with Crippen LogP contribution >= 0.6 is 0 Å². The molecule has 2 rings (SSSR count). The van der Waals surface area contributed by atoms with E-state index in [0.717, 1.165) is 37.1 Å². The highest BCUT2D eigenvalue weighted by Crippen LogP contribution is 2.11. The lowest BCUT2D eigenvalue weighted by Crippen LogP contribution is -2.32. The van der Waals surface area contributed by atoms with E-state index in [1.54, 1.807) is 0 Å². The van der Waals surface area contributed by atoms with Crippen molar-refractivity contribution < 1.29 is 9.63 Å². The molecule has 0 saturated carbocycles. The molecule has 1 aromatic carbocycles. The van der Waals surface area contributed by atoms with Crippen molar-refractivity contribution in [1.29, 1.82) is 0 Å². The van der Waals surface area contributed by atoms with Crippen LogP contribution in [-0.2, 0) is 9.63 Å². The van der Waals surface area contributed by atoms with E-state index >= 15 is 0 Å².